The largest absolute Gasteiger partial charge is 0.481 e. The van der Waals surface area contributed by atoms with Crippen LogP contribution in [0.1, 0.15) is 13.3 Å². The van der Waals surface area contributed by atoms with Crippen LogP contribution in [0, 0.1) is 17.6 Å². The van der Waals surface area contributed by atoms with Gasteiger partial charge in [-0.3, -0.25) is 4.79 Å². The number of hydrogen-bond acceptors (Lipinski definition) is 2. The second-order valence-corrected chi connectivity index (χ2v) is 5.70. The first-order valence-corrected chi connectivity index (χ1v) is 7.05. The number of hydrogen-bond donors (Lipinski definition) is 2. The Balaban J connectivity index is 2.12. The van der Waals surface area contributed by atoms with Gasteiger partial charge in [0.2, 0.25) is 0 Å². The molecule has 1 saturated heterocycles. The van der Waals surface area contributed by atoms with E-state index >= 15 is 0 Å². The smallest absolute Gasteiger partial charge is 0.322 e. The SMILES string of the molecule is CC1C(C(=O)O)CCN1C(=O)Nc1cc(F)c(Br)cc1F. The second kappa shape index (κ2) is 5.97. The van der Waals surface area contributed by atoms with Crippen LogP contribution in [0.2, 0.25) is 0 Å². The molecule has 1 aliphatic rings. The number of urea groups is 1. The van der Waals surface area contributed by atoms with Crippen molar-refractivity contribution in [2.75, 3.05) is 11.9 Å². The minimum atomic E-state index is -0.973. The normalized spacial score (nSPS) is 21.4. The summed E-state index contributed by atoms with van der Waals surface area (Å²) in [6, 6.07) is 0.628. The first-order chi connectivity index (χ1) is 9.81. The van der Waals surface area contributed by atoms with Crippen molar-refractivity contribution < 1.29 is 23.5 Å². The van der Waals surface area contributed by atoms with Crippen LogP contribution in [-0.2, 0) is 4.79 Å². The molecule has 1 fully saturated rings. The van der Waals surface area contributed by atoms with E-state index in [-0.39, 0.29) is 16.7 Å². The number of halogens is 3. The molecule has 0 spiro atoms. The van der Waals surface area contributed by atoms with Crippen LogP contribution in [0.15, 0.2) is 16.6 Å². The van der Waals surface area contributed by atoms with Gasteiger partial charge in [-0.25, -0.2) is 13.6 Å². The molecule has 1 aliphatic heterocycles. The average Bonchev–Trinajstić information content (AvgIpc) is 2.78. The van der Waals surface area contributed by atoms with Gasteiger partial charge in [-0.05, 0) is 35.3 Å². The Morgan fingerprint density at radius 2 is 2.05 bits per heavy atom. The summed E-state index contributed by atoms with van der Waals surface area (Å²) in [7, 11) is 0. The van der Waals surface area contributed by atoms with Crippen LogP contribution in [0.25, 0.3) is 0 Å². The van der Waals surface area contributed by atoms with Gasteiger partial charge in [0, 0.05) is 18.7 Å². The van der Waals surface area contributed by atoms with Crippen LogP contribution in [0.4, 0.5) is 19.3 Å². The fourth-order valence-corrected chi connectivity index (χ4v) is 2.68. The van der Waals surface area contributed by atoms with Crippen molar-refractivity contribution in [1.82, 2.24) is 4.90 Å². The zero-order valence-electron chi connectivity index (χ0n) is 11.1. The van der Waals surface area contributed by atoms with E-state index in [2.05, 4.69) is 21.2 Å². The van der Waals surface area contributed by atoms with Crippen LogP contribution >= 0.6 is 15.9 Å². The molecular formula is C13H13BrF2N2O3. The highest BCUT2D eigenvalue weighted by molar-refractivity contribution is 9.10. The average molecular weight is 363 g/mol. The number of amides is 2. The maximum absolute atomic E-state index is 13.7. The third-order valence-corrected chi connectivity index (χ3v) is 4.19. The van der Waals surface area contributed by atoms with Gasteiger partial charge >= 0.3 is 12.0 Å². The van der Waals surface area contributed by atoms with E-state index in [1.807, 2.05) is 0 Å². The van der Waals surface area contributed by atoms with E-state index in [1.165, 1.54) is 4.90 Å². The van der Waals surface area contributed by atoms with E-state index in [0.717, 1.165) is 12.1 Å². The molecule has 0 bridgehead atoms. The van der Waals surface area contributed by atoms with Gasteiger partial charge in [0.25, 0.3) is 0 Å². The third kappa shape index (κ3) is 3.15. The predicted octanol–water partition coefficient (Wildman–Crippen LogP) is 3.05. The van der Waals surface area contributed by atoms with Crippen molar-refractivity contribution in [3.8, 4) is 0 Å². The fraction of sp³-hybridized carbons (Fsp3) is 0.385. The molecule has 2 unspecified atom stereocenters. The molecule has 2 amide bonds. The summed E-state index contributed by atoms with van der Waals surface area (Å²) in [6.45, 7) is 1.87. The third-order valence-electron chi connectivity index (χ3n) is 3.58. The van der Waals surface area contributed by atoms with Crippen LogP contribution in [0.5, 0.6) is 0 Å². The number of carbonyl (C=O) groups is 2. The lowest BCUT2D eigenvalue weighted by Crippen LogP contribution is -2.40. The van der Waals surface area contributed by atoms with Gasteiger partial charge in [-0.15, -0.1) is 0 Å². The number of nitrogens with zero attached hydrogens (tertiary/aromatic N) is 1. The van der Waals surface area contributed by atoms with Crippen molar-refractivity contribution in [3.05, 3.63) is 28.2 Å². The van der Waals surface area contributed by atoms with E-state index in [0.29, 0.717) is 6.42 Å². The lowest BCUT2D eigenvalue weighted by Gasteiger charge is -2.23. The molecule has 1 heterocycles. The Kier molecular flexibility index (Phi) is 4.46. The highest BCUT2D eigenvalue weighted by Crippen LogP contribution is 2.27. The second-order valence-electron chi connectivity index (χ2n) is 4.84. The molecular weight excluding hydrogens is 350 g/mol. The predicted molar refractivity (Wildman–Crippen MR) is 75.0 cm³/mol. The number of aliphatic carboxylic acids is 1. The molecule has 21 heavy (non-hydrogen) atoms. The molecule has 0 radical (unpaired) electrons. The minimum Gasteiger partial charge on any atom is -0.481 e. The summed E-state index contributed by atoms with van der Waals surface area (Å²) >= 11 is 2.84. The number of benzene rings is 1. The van der Waals surface area contributed by atoms with Crippen molar-refractivity contribution in [2.45, 2.75) is 19.4 Å². The van der Waals surface area contributed by atoms with Crippen molar-refractivity contribution in [3.63, 3.8) is 0 Å². The summed E-state index contributed by atoms with van der Waals surface area (Å²) in [4.78, 5) is 24.4. The molecule has 5 nitrogen and oxygen atoms in total. The highest BCUT2D eigenvalue weighted by Gasteiger charge is 2.38. The maximum Gasteiger partial charge on any atom is 0.322 e. The zero-order valence-corrected chi connectivity index (χ0v) is 12.7. The number of carboxylic acids is 1. The van der Waals surface area contributed by atoms with Crippen LogP contribution in [-0.4, -0.2) is 34.6 Å². The Morgan fingerprint density at radius 3 is 2.62 bits per heavy atom. The molecule has 2 atom stereocenters. The van der Waals surface area contributed by atoms with E-state index < -0.39 is 35.6 Å². The van der Waals surface area contributed by atoms with Gasteiger partial charge in [0.05, 0.1) is 16.1 Å². The summed E-state index contributed by atoms with van der Waals surface area (Å²) in [5.74, 6) is -3.11. The fourth-order valence-electron chi connectivity index (χ4n) is 2.36. The van der Waals surface area contributed by atoms with E-state index in [9.17, 15) is 18.4 Å². The lowest BCUT2D eigenvalue weighted by atomic mass is 10.0. The molecule has 8 heteroatoms. The molecule has 0 aliphatic carbocycles. The van der Waals surface area contributed by atoms with Crippen LogP contribution < -0.4 is 5.32 Å². The van der Waals surface area contributed by atoms with Crippen LogP contribution in [0.3, 0.4) is 0 Å². The molecule has 2 rings (SSSR count). The molecule has 2 N–H and O–H groups in total. The monoisotopic (exact) mass is 362 g/mol. The Labute approximate surface area is 128 Å². The molecule has 0 aromatic heterocycles. The first kappa shape index (κ1) is 15.7. The number of anilines is 1. The molecule has 0 saturated carbocycles. The Morgan fingerprint density at radius 1 is 1.38 bits per heavy atom. The summed E-state index contributed by atoms with van der Waals surface area (Å²) in [5, 5.41) is 11.3. The quantitative estimate of drug-likeness (QED) is 0.794. The number of carboxylic acid groups (broad SMARTS) is 1. The van der Waals surface area contributed by atoms with E-state index in [1.54, 1.807) is 6.92 Å². The van der Waals surface area contributed by atoms with Gasteiger partial charge in [0.1, 0.15) is 11.6 Å². The molecule has 1 aromatic carbocycles. The Hall–Kier alpha value is -1.70. The first-order valence-electron chi connectivity index (χ1n) is 6.26. The summed E-state index contributed by atoms with van der Waals surface area (Å²) in [6.07, 6.45) is 0.334. The maximum atomic E-state index is 13.7. The number of carbonyl (C=O) groups excluding carboxylic acids is 1. The Bertz CT molecular complexity index is 597. The van der Waals surface area contributed by atoms with Gasteiger partial charge < -0.3 is 15.3 Å². The molecule has 114 valence electrons. The van der Waals surface area contributed by atoms with Crippen molar-refractivity contribution >= 4 is 33.6 Å². The number of nitrogens with one attached hydrogen (secondary N) is 1. The number of rotatable bonds is 2. The minimum absolute atomic E-state index is 0.0431. The van der Waals surface area contributed by atoms with Gasteiger partial charge in [-0.1, -0.05) is 0 Å². The van der Waals surface area contributed by atoms with Crippen molar-refractivity contribution in [2.24, 2.45) is 5.92 Å². The van der Waals surface area contributed by atoms with E-state index in [4.69, 9.17) is 5.11 Å². The van der Waals surface area contributed by atoms with Gasteiger partial charge in [0.15, 0.2) is 0 Å². The van der Waals surface area contributed by atoms with Crippen molar-refractivity contribution in [1.29, 1.82) is 0 Å². The highest BCUT2D eigenvalue weighted by atomic mass is 79.9. The lowest BCUT2D eigenvalue weighted by molar-refractivity contribution is -0.142. The topological polar surface area (TPSA) is 69.6 Å². The van der Waals surface area contributed by atoms with Gasteiger partial charge in [-0.2, -0.15) is 0 Å². The standard InChI is InChI=1S/C13H13BrF2N2O3/c1-6-7(12(19)20)2-3-18(6)13(21)17-11-5-9(15)8(14)4-10(11)16/h4-7H,2-3H2,1H3,(H,17,21)(H,19,20). The summed E-state index contributed by atoms with van der Waals surface area (Å²) in [5.41, 5.74) is -0.285. The zero-order chi connectivity index (χ0) is 15.7. The summed E-state index contributed by atoms with van der Waals surface area (Å²) < 4.78 is 27.0. The molecule has 1 aromatic rings. The number of likely N-dealkylation sites (tertiary alicyclic amines) is 1.